The average molecular weight is 197 g/mol. The van der Waals surface area contributed by atoms with E-state index in [9.17, 15) is 0 Å². The normalized spacial score (nSPS) is 11.3. The van der Waals surface area contributed by atoms with E-state index in [4.69, 9.17) is 5.73 Å². The topological polar surface area (TPSA) is 54.7 Å². The summed E-state index contributed by atoms with van der Waals surface area (Å²) in [5.74, 6) is 0.557. The van der Waals surface area contributed by atoms with Gasteiger partial charge in [-0.3, -0.25) is 0 Å². The third-order valence-corrected chi connectivity index (χ3v) is 2.71. The highest BCUT2D eigenvalue weighted by atomic mass is 14.9. The maximum atomic E-state index is 5.82. The summed E-state index contributed by atoms with van der Waals surface area (Å²) >= 11 is 0. The summed E-state index contributed by atoms with van der Waals surface area (Å²) in [6, 6.07) is 8.32. The van der Waals surface area contributed by atoms with E-state index < -0.39 is 0 Å². The molecule has 0 aliphatic rings. The monoisotopic (exact) mass is 197 g/mol. The highest BCUT2D eigenvalue weighted by Crippen LogP contribution is 2.27. The van der Waals surface area contributed by atoms with Crippen LogP contribution in [0.5, 0.6) is 0 Å². The summed E-state index contributed by atoms with van der Waals surface area (Å²) in [5.41, 5.74) is 9.10. The second-order valence-electron chi connectivity index (χ2n) is 3.79. The van der Waals surface area contributed by atoms with Crippen molar-refractivity contribution in [2.24, 2.45) is 0 Å². The van der Waals surface area contributed by atoms with Gasteiger partial charge < -0.3 is 10.7 Å². The van der Waals surface area contributed by atoms with Crippen LogP contribution in [0.2, 0.25) is 0 Å². The quantitative estimate of drug-likeness (QED) is 0.582. The predicted molar refractivity (Wildman–Crippen MR) is 62.7 cm³/mol. The van der Waals surface area contributed by atoms with Crippen molar-refractivity contribution in [1.82, 2.24) is 9.97 Å². The number of pyridine rings is 1. The lowest BCUT2D eigenvalue weighted by Crippen LogP contribution is -1.89. The SMILES string of the molecule is Cc1ccc2c(c1)[nH]c1c(N)nccc12. The lowest BCUT2D eigenvalue weighted by atomic mass is 10.1. The largest absolute Gasteiger partial charge is 0.382 e. The number of aryl methyl sites for hydroxylation is 1. The van der Waals surface area contributed by atoms with Crippen molar-refractivity contribution in [3.63, 3.8) is 0 Å². The fourth-order valence-electron chi connectivity index (χ4n) is 1.96. The lowest BCUT2D eigenvalue weighted by molar-refractivity contribution is 1.35. The van der Waals surface area contributed by atoms with Crippen molar-refractivity contribution >= 4 is 27.6 Å². The van der Waals surface area contributed by atoms with Gasteiger partial charge >= 0.3 is 0 Å². The van der Waals surface area contributed by atoms with Gasteiger partial charge in [0.05, 0.1) is 5.52 Å². The molecule has 0 atom stereocenters. The van der Waals surface area contributed by atoms with Crippen molar-refractivity contribution in [3.8, 4) is 0 Å². The Bertz CT molecular complexity index is 652. The lowest BCUT2D eigenvalue weighted by Gasteiger charge is -1.93. The Hall–Kier alpha value is -2.03. The summed E-state index contributed by atoms with van der Waals surface area (Å²) in [7, 11) is 0. The van der Waals surface area contributed by atoms with Crippen LogP contribution >= 0.6 is 0 Å². The van der Waals surface area contributed by atoms with Crippen LogP contribution in [0, 0.1) is 6.92 Å². The Morgan fingerprint density at radius 3 is 2.93 bits per heavy atom. The zero-order valence-electron chi connectivity index (χ0n) is 8.41. The van der Waals surface area contributed by atoms with Gasteiger partial charge in [-0.15, -0.1) is 0 Å². The number of H-pyrrole nitrogens is 1. The summed E-state index contributed by atoms with van der Waals surface area (Å²) in [6.07, 6.45) is 1.74. The van der Waals surface area contributed by atoms with E-state index in [2.05, 4.69) is 35.1 Å². The Morgan fingerprint density at radius 1 is 1.20 bits per heavy atom. The molecule has 3 aromatic rings. The Labute approximate surface area is 86.9 Å². The molecule has 0 aliphatic carbocycles. The van der Waals surface area contributed by atoms with Crippen LogP contribution in [0.1, 0.15) is 5.56 Å². The molecule has 0 spiro atoms. The van der Waals surface area contributed by atoms with Gasteiger partial charge in [-0.1, -0.05) is 12.1 Å². The molecule has 15 heavy (non-hydrogen) atoms. The van der Waals surface area contributed by atoms with Gasteiger partial charge in [0.2, 0.25) is 0 Å². The minimum absolute atomic E-state index is 0.557. The van der Waals surface area contributed by atoms with Gasteiger partial charge in [-0.2, -0.15) is 0 Å². The second kappa shape index (κ2) is 2.73. The van der Waals surface area contributed by atoms with Gasteiger partial charge in [-0.05, 0) is 24.6 Å². The van der Waals surface area contributed by atoms with Crippen LogP contribution in [-0.2, 0) is 0 Å². The molecule has 3 nitrogen and oxygen atoms in total. The number of aromatic nitrogens is 2. The molecule has 2 aromatic heterocycles. The molecule has 3 N–H and O–H groups in total. The minimum atomic E-state index is 0.557. The van der Waals surface area contributed by atoms with Crippen molar-refractivity contribution in [3.05, 3.63) is 36.0 Å². The number of benzene rings is 1. The van der Waals surface area contributed by atoms with Gasteiger partial charge in [0, 0.05) is 22.5 Å². The van der Waals surface area contributed by atoms with E-state index in [1.165, 1.54) is 10.9 Å². The summed E-state index contributed by atoms with van der Waals surface area (Å²) in [5, 5.41) is 2.34. The van der Waals surface area contributed by atoms with Crippen LogP contribution in [0.4, 0.5) is 5.82 Å². The van der Waals surface area contributed by atoms with E-state index in [-0.39, 0.29) is 0 Å². The van der Waals surface area contributed by atoms with E-state index in [1.54, 1.807) is 6.20 Å². The summed E-state index contributed by atoms with van der Waals surface area (Å²) < 4.78 is 0. The number of aromatic amines is 1. The fraction of sp³-hybridized carbons (Fsp3) is 0.0833. The first kappa shape index (κ1) is 8.29. The minimum Gasteiger partial charge on any atom is -0.382 e. The number of nitrogen functional groups attached to an aromatic ring is 1. The Balaban J connectivity index is 2.57. The number of nitrogens with zero attached hydrogens (tertiary/aromatic N) is 1. The molecule has 0 saturated heterocycles. The number of fused-ring (bicyclic) bond motifs is 3. The van der Waals surface area contributed by atoms with Crippen molar-refractivity contribution in [1.29, 1.82) is 0 Å². The first-order valence-electron chi connectivity index (χ1n) is 4.88. The number of anilines is 1. The molecular weight excluding hydrogens is 186 g/mol. The number of hydrogen-bond acceptors (Lipinski definition) is 2. The molecule has 0 saturated carbocycles. The van der Waals surface area contributed by atoms with Crippen molar-refractivity contribution in [2.75, 3.05) is 5.73 Å². The molecule has 1 aromatic carbocycles. The van der Waals surface area contributed by atoms with Crippen molar-refractivity contribution in [2.45, 2.75) is 6.92 Å². The fourth-order valence-corrected chi connectivity index (χ4v) is 1.96. The Kier molecular flexibility index (Phi) is 1.51. The zero-order chi connectivity index (χ0) is 10.4. The molecule has 0 amide bonds. The van der Waals surface area contributed by atoms with E-state index in [0.717, 1.165) is 16.4 Å². The van der Waals surface area contributed by atoms with E-state index in [1.807, 2.05) is 6.07 Å². The van der Waals surface area contributed by atoms with E-state index >= 15 is 0 Å². The molecule has 74 valence electrons. The molecule has 0 fully saturated rings. The molecular formula is C12H11N3. The molecule has 3 heteroatoms. The molecule has 0 radical (unpaired) electrons. The van der Waals surface area contributed by atoms with Crippen LogP contribution < -0.4 is 5.73 Å². The van der Waals surface area contributed by atoms with Gasteiger partial charge in [0.25, 0.3) is 0 Å². The van der Waals surface area contributed by atoms with Gasteiger partial charge in [0.15, 0.2) is 0 Å². The van der Waals surface area contributed by atoms with Crippen LogP contribution in [0.15, 0.2) is 30.5 Å². The zero-order valence-corrected chi connectivity index (χ0v) is 8.41. The van der Waals surface area contributed by atoms with Crippen LogP contribution in [0.25, 0.3) is 21.8 Å². The van der Waals surface area contributed by atoms with E-state index in [0.29, 0.717) is 5.82 Å². The molecule has 2 heterocycles. The maximum Gasteiger partial charge on any atom is 0.147 e. The Morgan fingerprint density at radius 2 is 2.07 bits per heavy atom. The number of rotatable bonds is 0. The molecule has 0 bridgehead atoms. The third-order valence-electron chi connectivity index (χ3n) is 2.71. The number of nitrogens with one attached hydrogen (secondary N) is 1. The van der Waals surface area contributed by atoms with Gasteiger partial charge in [0.1, 0.15) is 5.82 Å². The van der Waals surface area contributed by atoms with Gasteiger partial charge in [-0.25, -0.2) is 4.98 Å². The summed E-state index contributed by atoms with van der Waals surface area (Å²) in [4.78, 5) is 7.37. The van der Waals surface area contributed by atoms with Crippen LogP contribution in [0.3, 0.4) is 0 Å². The molecule has 0 aliphatic heterocycles. The number of nitrogens with two attached hydrogens (primary N) is 1. The highest BCUT2D eigenvalue weighted by Gasteiger charge is 2.06. The molecule has 3 rings (SSSR count). The molecule has 0 unspecified atom stereocenters. The average Bonchev–Trinajstić information content (AvgIpc) is 2.57. The predicted octanol–water partition coefficient (Wildman–Crippen LogP) is 2.61. The second-order valence-corrected chi connectivity index (χ2v) is 3.79. The third kappa shape index (κ3) is 1.09. The standard InChI is InChI=1S/C12H11N3/c1-7-2-3-8-9-4-5-14-12(13)11(9)15-10(8)6-7/h2-6,15H,1H3,(H2,13,14). The van der Waals surface area contributed by atoms with Crippen LogP contribution in [-0.4, -0.2) is 9.97 Å². The maximum absolute atomic E-state index is 5.82. The number of hydrogen-bond donors (Lipinski definition) is 2. The first-order chi connectivity index (χ1) is 7.25. The first-order valence-corrected chi connectivity index (χ1v) is 4.88. The van der Waals surface area contributed by atoms with Crippen molar-refractivity contribution < 1.29 is 0 Å². The smallest absolute Gasteiger partial charge is 0.147 e. The summed E-state index contributed by atoms with van der Waals surface area (Å²) in [6.45, 7) is 2.08. The highest BCUT2D eigenvalue weighted by molar-refractivity contribution is 6.10.